The van der Waals surface area contributed by atoms with Crippen LogP contribution in [0.4, 0.5) is 5.82 Å². The third kappa shape index (κ3) is 1.61. The smallest absolute Gasteiger partial charge is 0.206 e. The predicted molar refractivity (Wildman–Crippen MR) is 55.3 cm³/mol. The Bertz CT molecular complexity index is 440. The van der Waals surface area contributed by atoms with E-state index < -0.39 is 0 Å². The van der Waals surface area contributed by atoms with Crippen molar-refractivity contribution < 1.29 is 4.74 Å². The molecular formula is C9H11N5O. The molecule has 0 unspecified atom stereocenters. The van der Waals surface area contributed by atoms with Gasteiger partial charge in [-0.15, -0.1) is 0 Å². The first kappa shape index (κ1) is 9.45. The Balaban J connectivity index is 2.56. The van der Waals surface area contributed by atoms with Gasteiger partial charge in [-0.05, 0) is 6.07 Å². The van der Waals surface area contributed by atoms with E-state index in [-0.39, 0.29) is 0 Å². The maximum atomic E-state index is 5.24. The van der Waals surface area contributed by atoms with E-state index in [0.29, 0.717) is 17.4 Å². The van der Waals surface area contributed by atoms with Crippen LogP contribution in [0.5, 0.6) is 5.75 Å². The molecule has 0 saturated heterocycles. The van der Waals surface area contributed by atoms with E-state index in [9.17, 15) is 0 Å². The molecule has 2 aromatic heterocycles. The number of hydrogen-bond acceptors (Lipinski definition) is 5. The third-order valence-electron chi connectivity index (χ3n) is 1.95. The van der Waals surface area contributed by atoms with Gasteiger partial charge in [0.15, 0.2) is 5.82 Å². The summed E-state index contributed by atoms with van der Waals surface area (Å²) < 4.78 is 6.87. The Morgan fingerprint density at radius 1 is 1.40 bits per heavy atom. The maximum absolute atomic E-state index is 5.24. The van der Waals surface area contributed by atoms with E-state index in [4.69, 9.17) is 4.74 Å². The lowest BCUT2D eigenvalue weighted by Gasteiger charge is -2.10. The molecule has 6 nitrogen and oxygen atoms in total. The van der Waals surface area contributed by atoms with Crippen molar-refractivity contribution in [3.05, 3.63) is 24.8 Å². The Labute approximate surface area is 86.9 Å². The number of nitrogens with zero attached hydrogens (tertiary/aromatic N) is 4. The van der Waals surface area contributed by atoms with Crippen LogP contribution in [-0.2, 0) is 0 Å². The average Bonchev–Trinajstić information content (AvgIpc) is 2.81. The van der Waals surface area contributed by atoms with Gasteiger partial charge in [0.25, 0.3) is 0 Å². The second-order valence-electron chi connectivity index (χ2n) is 2.78. The SMILES string of the molecule is CNc1ncnc(-n2cccn2)c1OC. The van der Waals surface area contributed by atoms with Gasteiger partial charge in [-0.3, -0.25) is 0 Å². The molecular weight excluding hydrogens is 194 g/mol. The van der Waals surface area contributed by atoms with Crippen LogP contribution in [0.1, 0.15) is 0 Å². The zero-order valence-corrected chi connectivity index (χ0v) is 8.51. The lowest BCUT2D eigenvalue weighted by molar-refractivity contribution is 0.409. The number of nitrogens with one attached hydrogen (secondary N) is 1. The van der Waals surface area contributed by atoms with Crippen molar-refractivity contribution in [3.63, 3.8) is 0 Å². The molecule has 2 heterocycles. The average molecular weight is 205 g/mol. The van der Waals surface area contributed by atoms with Crippen LogP contribution in [0.15, 0.2) is 24.8 Å². The molecule has 0 aliphatic heterocycles. The van der Waals surface area contributed by atoms with Crippen molar-refractivity contribution in [2.24, 2.45) is 0 Å². The fourth-order valence-electron chi connectivity index (χ4n) is 1.29. The fourth-order valence-corrected chi connectivity index (χ4v) is 1.29. The van der Waals surface area contributed by atoms with Crippen LogP contribution in [0.3, 0.4) is 0 Å². The van der Waals surface area contributed by atoms with Crippen molar-refractivity contribution in [2.75, 3.05) is 19.5 Å². The number of rotatable bonds is 3. The van der Waals surface area contributed by atoms with Gasteiger partial charge in [0.2, 0.25) is 11.6 Å². The molecule has 0 aliphatic rings. The number of hydrogen-bond donors (Lipinski definition) is 1. The Morgan fingerprint density at radius 2 is 2.27 bits per heavy atom. The van der Waals surface area contributed by atoms with Gasteiger partial charge in [-0.2, -0.15) is 5.10 Å². The molecule has 15 heavy (non-hydrogen) atoms. The molecule has 0 saturated carbocycles. The molecule has 6 heteroatoms. The number of methoxy groups -OCH3 is 1. The minimum Gasteiger partial charge on any atom is -0.490 e. The summed E-state index contributed by atoms with van der Waals surface area (Å²) in [5, 5.41) is 7.02. The summed E-state index contributed by atoms with van der Waals surface area (Å²) in [6.45, 7) is 0. The molecule has 0 fully saturated rings. The van der Waals surface area contributed by atoms with E-state index in [1.165, 1.54) is 6.33 Å². The van der Waals surface area contributed by atoms with Gasteiger partial charge in [-0.1, -0.05) is 0 Å². The van der Waals surface area contributed by atoms with Gasteiger partial charge in [-0.25, -0.2) is 14.6 Å². The van der Waals surface area contributed by atoms with Crippen LogP contribution >= 0.6 is 0 Å². The zero-order valence-electron chi connectivity index (χ0n) is 8.51. The van der Waals surface area contributed by atoms with Gasteiger partial charge in [0.1, 0.15) is 6.33 Å². The quantitative estimate of drug-likeness (QED) is 0.799. The van der Waals surface area contributed by atoms with Gasteiger partial charge in [0, 0.05) is 19.4 Å². The van der Waals surface area contributed by atoms with E-state index in [2.05, 4.69) is 20.4 Å². The summed E-state index contributed by atoms with van der Waals surface area (Å²) in [7, 11) is 3.35. The second kappa shape index (κ2) is 3.95. The first-order valence-corrected chi connectivity index (χ1v) is 4.43. The molecule has 0 atom stereocenters. The molecule has 0 bridgehead atoms. The number of anilines is 1. The zero-order chi connectivity index (χ0) is 10.7. The Kier molecular flexibility index (Phi) is 2.49. The van der Waals surface area contributed by atoms with Gasteiger partial charge >= 0.3 is 0 Å². The van der Waals surface area contributed by atoms with E-state index in [1.807, 2.05) is 6.07 Å². The standard InChI is InChI=1S/C9H11N5O/c1-10-8-7(15-2)9(12-6-11-8)14-5-3-4-13-14/h3-6H,1-2H3,(H,10,11,12). The topological polar surface area (TPSA) is 64.9 Å². The van der Waals surface area contributed by atoms with E-state index >= 15 is 0 Å². The third-order valence-corrected chi connectivity index (χ3v) is 1.95. The van der Waals surface area contributed by atoms with Crippen LogP contribution in [0, 0.1) is 0 Å². The summed E-state index contributed by atoms with van der Waals surface area (Å²) in [5.41, 5.74) is 0. The normalized spacial score (nSPS) is 10.0. The largest absolute Gasteiger partial charge is 0.490 e. The lowest BCUT2D eigenvalue weighted by atomic mass is 10.4. The van der Waals surface area contributed by atoms with Crippen LogP contribution in [-0.4, -0.2) is 33.9 Å². The molecule has 0 aliphatic carbocycles. The molecule has 78 valence electrons. The van der Waals surface area contributed by atoms with Gasteiger partial charge in [0.05, 0.1) is 7.11 Å². The summed E-state index contributed by atoms with van der Waals surface area (Å²) in [4.78, 5) is 8.18. The molecule has 0 spiro atoms. The summed E-state index contributed by atoms with van der Waals surface area (Å²) in [6, 6.07) is 1.82. The predicted octanol–water partition coefficient (Wildman–Crippen LogP) is 0.713. The molecule has 0 aromatic carbocycles. The summed E-state index contributed by atoms with van der Waals surface area (Å²) >= 11 is 0. The van der Waals surface area contributed by atoms with Crippen molar-refractivity contribution in [2.45, 2.75) is 0 Å². The molecule has 0 radical (unpaired) electrons. The molecule has 2 rings (SSSR count). The molecule has 2 aromatic rings. The number of aromatic nitrogens is 4. The van der Waals surface area contributed by atoms with Crippen molar-refractivity contribution >= 4 is 5.82 Å². The highest BCUT2D eigenvalue weighted by atomic mass is 16.5. The first-order chi connectivity index (χ1) is 7.36. The first-order valence-electron chi connectivity index (χ1n) is 4.43. The van der Waals surface area contributed by atoms with Crippen LogP contribution in [0.25, 0.3) is 5.82 Å². The molecule has 0 amide bonds. The van der Waals surface area contributed by atoms with Crippen LogP contribution < -0.4 is 10.1 Å². The monoisotopic (exact) mass is 205 g/mol. The van der Waals surface area contributed by atoms with Crippen molar-refractivity contribution in [3.8, 4) is 11.6 Å². The minimum absolute atomic E-state index is 0.573. The van der Waals surface area contributed by atoms with Crippen molar-refractivity contribution in [1.29, 1.82) is 0 Å². The highest BCUT2D eigenvalue weighted by Crippen LogP contribution is 2.26. The highest BCUT2D eigenvalue weighted by molar-refractivity contribution is 5.57. The second-order valence-corrected chi connectivity index (χ2v) is 2.78. The maximum Gasteiger partial charge on any atom is 0.206 e. The minimum atomic E-state index is 0.573. The lowest BCUT2D eigenvalue weighted by Crippen LogP contribution is -2.05. The van der Waals surface area contributed by atoms with Crippen molar-refractivity contribution in [1.82, 2.24) is 19.7 Å². The Morgan fingerprint density at radius 3 is 2.87 bits per heavy atom. The Hall–Kier alpha value is -2.11. The summed E-state index contributed by atoms with van der Waals surface area (Å²) in [5.74, 6) is 1.82. The van der Waals surface area contributed by atoms with Crippen LogP contribution in [0.2, 0.25) is 0 Å². The highest BCUT2D eigenvalue weighted by Gasteiger charge is 2.12. The molecule has 1 N–H and O–H groups in total. The van der Waals surface area contributed by atoms with E-state index in [0.717, 1.165) is 0 Å². The number of ether oxygens (including phenoxy) is 1. The van der Waals surface area contributed by atoms with Gasteiger partial charge < -0.3 is 10.1 Å². The summed E-state index contributed by atoms with van der Waals surface area (Å²) in [6.07, 6.45) is 4.94. The fraction of sp³-hybridized carbons (Fsp3) is 0.222. The van der Waals surface area contributed by atoms with E-state index in [1.54, 1.807) is 31.2 Å².